The van der Waals surface area contributed by atoms with E-state index in [9.17, 15) is 14.0 Å². The van der Waals surface area contributed by atoms with Gasteiger partial charge in [-0.15, -0.1) is 0 Å². The second-order valence-corrected chi connectivity index (χ2v) is 7.45. The molecule has 2 aromatic rings. The Morgan fingerprint density at radius 2 is 1.79 bits per heavy atom. The Labute approximate surface area is 171 Å². The fourth-order valence-corrected chi connectivity index (χ4v) is 4.00. The van der Waals surface area contributed by atoms with Crippen molar-refractivity contribution in [3.05, 3.63) is 52.6 Å². The molecule has 1 fully saturated rings. The lowest BCUT2D eigenvalue weighted by molar-refractivity contribution is 0.0942. The van der Waals surface area contributed by atoms with Crippen LogP contribution in [0.2, 0.25) is 0 Å². The molecule has 156 valence electrons. The molecule has 6 nitrogen and oxygen atoms in total. The van der Waals surface area contributed by atoms with Crippen molar-refractivity contribution in [2.24, 2.45) is 0 Å². The van der Waals surface area contributed by atoms with Gasteiger partial charge in [0.05, 0.1) is 0 Å². The van der Waals surface area contributed by atoms with Gasteiger partial charge in [0.25, 0.3) is 5.91 Å². The Balaban J connectivity index is 1.49. The summed E-state index contributed by atoms with van der Waals surface area (Å²) >= 11 is 0. The van der Waals surface area contributed by atoms with E-state index in [0.29, 0.717) is 24.2 Å². The summed E-state index contributed by atoms with van der Waals surface area (Å²) in [4.78, 5) is 32.1. The van der Waals surface area contributed by atoms with Crippen molar-refractivity contribution in [1.29, 1.82) is 0 Å². The average molecular weight is 400 g/mol. The molecule has 1 aromatic heterocycles. The molecule has 0 aliphatic carbocycles. The van der Waals surface area contributed by atoms with Gasteiger partial charge in [-0.3, -0.25) is 14.5 Å². The number of aryl methyl sites for hydroxylation is 1. The van der Waals surface area contributed by atoms with Crippen LogP contribution in [0.4, 0.5) is 10.1 Å². The van der Waals surface area contributed by atoms with Gasteiger partial charge in [0.2, 0.25) is 0 Å². The monoisotopic (exact) mass is 400 g/mol. The maximum Gasteiger partial charge on any atom is 0.268 e. The Hall–Kier alpha value is -2.67. The van der Waals surface area contributed by atoms with Crippen molar-refractivity contribution in [3.63, 3.8) is 0 Å². The van der Waals surface area contributed by atoms with Crippen molar-refractivity contribution in [2.75, 3.05) is 44.2 Å². The lowest BCUT2D eigenvalue weighted by Gasteiger charge is -2.36. The standard InChI is InChI=1S/C22H29FN4O2/c1-4-19-20(16(3)28)15(2)25-21(19)22(29)24-9-10-26-11-13-27(14-12-26)18-7-5-17(23)6-8-18/h5-8,25H,4,9-14H2,1-3H3,(H,24,29). The minimum Gasteiger partial charge on any atom is -0.369 e. The number of aromatic amines is 1. The third-order valence-corrected chi connectivity index (χ3v) is 5.50. The smallest absolute Gasteiger partial charge is 0.268 e. The number of carbonyl (C=O) groups excluding carboxylic acids is 2. The number of nitrogens with zero attached hydrogens (tertiary/aromatic N) is 2. The van der Waals surface area contributed by atoms with Gasteiger partial charge in [-0.1, -0.05) is 6.92 Å². The zero-order valence-electron chi connectivity index (χ0n) is 17.3. The highest BCUT2D eigenvalue weighted by atomic mass is 19.1. The lowest BCUT2D eigenvalue weighted by Crippen LogP contribution is -2.48. The quantitative estimate of drug-likeness (QED) is 0.702. The summed E-state index contributed by atoms with van der Waals surface area (Å²) in [5.41, 5.74) is 3.71. The lowest BCUT2D eigenvalue weighted by atomic mass is 10.0. The third-order valence-electron chi connectivity index (χ3n) is 5.50. The van der Waals surface area contributed by atoms with Crippen molar-refractivity contribution >= 4 is 17.4 Å². The molecule has 1 aliphatic rings. The minimum absolute atomic E-state index is 0.0197. The molecule has 1 aromatic carbocycles. The number of aromatic nitrogens is 1. The number of ketones is 1. The molecule has 0 atom stereocenters. The maximum atomic E-state index is 13.1. The molecule has 0 spiro atoms. The van der Waals surface area contributed by atoms with Crippen molar-refractivity contribution < 1.29 is 14.0 Å². The predicted octanol–water partition coefficient (Wildman–Crippen LogP) is 2.78. The Morgan fingerprint density at radius 3 is 2.38 bits per heavy atom. The average Bonchev–Trinajstić information content (AvgIpc) is 3.05. The second-order valence-electron chi connectivity index (χ2n) is 7.45. The van der Waals surface area contributed by atoms with E-state index >= 15 is 0 Å². The molecule has 1 amide bonds. The fourth-order valence-electron chi connectivity index (χ4n) is 4.00. The van der Waals surface area contributed by atoms with Crippen molar-refractivity contribution in [3.8, 4) is 0 Å². The van der Waals surface area contributed by atoms with Crippen LogP contribution >= 0.6 is 0 Å². The number of rotatable bonds is 7. The summed E-state index contributed by atoms with van der Waals surface area (Å²) in [6.07, 6.45) is 0.632. The van der Waals surface area contributed by atoms with Gasteiger partial charge in [0.15, 0.2) is 5.78 Å². The zero-order valence-corrected chi connectivity index (χ0v) is 17.3. The van der Waals surface area contributed by atoms with E-state index in [0.717, 1.165) is 49.7 Å². The molecule has 7 heteroatoms. The second kappa shape index (κ2) is 9.22. The predicted molar refractivity (Wildman–Crippen MR) is 112 cm³/mol. The van der Waals surface area contributed by atoms with Crippen LogP contribution in [0.1, 0.15) is 46.0 Å². The van der Waals surface area contributed by atoms with E-state index < -0.39 is 0 Å². The van der Waals surface area contributed by atoms with Crippen LogP contribution in [0.5, 0.6) is 0 Å². The van der Waals surface area contributed by atoms with E-state index in [4.69, 9.17) is 0 Å². The molecular formula is C22H29FN4O2. The van der Waals surface area contributed by atoms with Crippen molar-refractivity contribution in [2.45, 2.75) is 27.2 Å². The SMILES string of the molecule is CCc1c(C(=O)NCCN2CCN(c3ccc(F)cc3)CC2)[nH]c(C)c1C(C)=O. The van der Waals surface area contributed by atoms with Crippen LogP contribution in [0.3, 0.4) is 0 Å². The fraction of sp³-hybridized carbons (Fsp3) is 0.455. The van der Waals surface area contributed by atoms with Gasteiger partial charge in [-0.2, -0.15) is 0 Å². The van der Waals surface area contributed by atoms with Crippen molar-refractivity contribution in [1.82, 2.24) is 15.2 Å². The van der Waals surface area contributed by atoms with Gasteiger partial charge in [0, 0.05) is 56.2 Å². The van der Waals surface area contributed by atoms with Gasteiger partial charge in [0.1, 0.15) is 11.5 Å². The first-order valence-electron chi connectivity index (χ1n) is 10.1. The van der Waals surface area contributed by atoms with E-state index in [1.807, 2.05) is 26.0 Å². The molecule has 2 N–H and O–H groups in total. The number of amides is 1. The van der Waals surface area contributed by atoms with E-state index in [2.05, 4.69) is 20.1 Å². The number of nitrogens with one attached hydrogen (secondary N) is 2. The normalized spacial score (nSPS) is 14.8. The maximum absolute atomic E-state index is 13.1. The molecule has 0 saturated carbocycles. The Bertz CT molecular complexity index is 868. The number of hydrogen-bond donors (Lipinski definition) is 2. The topological polar surface area (TPSA) is 68.4 Å². The molecule has 0 unspecified atom stereocenters. The first kappa shape index (κ1) is 21.0. The largest absolute Gasteiger partial charge is 0.369 e. The zero-order chi connectivity index (χ0) is 21.0. The molecule has 2 heterocycles. The van der Waals surface area contributed by atoms with E-state index in [-0.39, 0.29) is 17.5 Å². The number of halogens is 1. The Kier molecular flexibility index (Phi) is 6.69. The molecule has 3 rings (SSSR count). The highest BCUT2D eigenvalue weighted by Crippen LogP contribution is 2.20. The first-order chi connectivity index (χ1) is 13.9. The number of Topliss-reactive ketones (excluding diaryl/α,β-unsaturated/α-hetero) is 1. The summed E-state index contributed by atoms with van der Waals surface area (Å²) in [5, 5.41) is 2.97. The highest BCUT2D eigenvalue weighted by Gasteiger charge is 2.22. The molecule has 1 aliphatic heterocycles. The van der Waals surface area contributed by atoms with Crippen LogP contribution in [0.25, 0.3) is 0 Å². The number of anilines is 1. The molecule has 1 saturated heterocycles. The van der Waals surface area contributed by atoms with Crippen LogP contribution < -0.4 is 10.2 Å². The van der Waals surface area contributed by atoms with Gasteiger partial charge >= 0.3 is 0 Å². The number of hydrogen-bond acceptors (Lipinski definition) is 4. The number of carbonyl (C=O) groups is 2. The number of benzene rings is 1. The van der Waals surface area contributed by atoms with E-state index in [1.165, 1.54) is 19.1 Å². The molecule has 29 heavy (non-hydrogen) atoms. The van der Waals surface area contributed by atoms with Crippen LogP contribution in [-0.4, -0.2) is 60.8 Å². The van der Waals surface area contributed by atoms with Crippen LogP contribution in [0.15, 0.2) is 24.3 Å². The van der Waals surface area contributed by atoms with Gasteiger partial charge in [-0.25, -0.2) is 4.39 Å². The first-order valence-corrected chi connectivity index (χ1v) is 10.1. The third kappa shape index (κ3) is 4.85. The minimum atomic E-state index is -0.220. The summed E-state index contributed by atoms with van der Waals surface area (Å²) in [5.74, 6) is -0.405. The molecule has 0 bridgehead atoms. The summed E-state index contributed by atoms with van der Waals surface area (Å²) in [7, 11) is 0. The Morgan fingerprint density at radius 1 is 1.14 bits per heavy atom. The van der Waals surface area contributed by atoms with E-state index in [1.54, 1.807) is 0 Å². The van der Waals surface area contributed by atoms with Gasteiger partial charge in [-0.05, 0) is 50.1 Å². The van der Waals surface area contributed by atoms with Gasteiger partial charge < -0.3 is 15.2 Å². The molecule has 0 radical (unpaired) electrons. The summed E-state index contributed by atoms with van der Waals surface area (Å²) < 4.78 is 13.1. The number of H-pyrrole nitrogens is 1. The summed E-state index contributed by atoms with van der Waals surface area (Å²) in [6.45, 7) is 10.2. The summed E-state index contributed by atoms with van der Waals surface area (Å²) in [6, 6.07) is 6.59. The van der Waals surface area contributed by atoms with Crippen LogP contribution in [-0.2, 0) is 6.42 Å². The molecular weight excluding hydrogens is 371 g/mol. The number of piperazine rings is 1. The van der Waals surface area contributed by atoms with Crippen LogP contribution in [0, 0.1) is 12.7 Å². The highest BCUT2D eigenvalue weighted by molar-refractivity contribution is 6.02.